The van der Waals surface area contributed by atoms with E-state index in [4.69, 9.17) is 11.6 Å². The number of hydrogen-bond donors (Lipinski definition) is 0. The van der Waals surface area contributed by atoms with Crippen LogP contribution in [0.5, 0.6) is 5.75 Å². The molecule has 0 saturated carbocycles. The zero-order valence-electron chi connectivity index (χ0n) is 5.65. The van der Waals surface area contributed by atoms with Gasteiger partial charge in [0.05, 0.1) is 10.6 Å². The molecule has 0 radical (unpaired) electrons. The highest BCUT2D eigenvalue weighted by Gasteiger charge is 2.32. The molecule has 1 nitrogen and oxygen atoms in total. The van der Waals surface area contributed by atoms with Crippen LogP contribution in [0.15, 0.2) is 18.2 Å². The predicted molar refractivity (Wildman–Crippen MR) is 35.9 cm³/mol. The molecule has 5 heteroatoms. The van der Waals surface area contributed by atoms with Gasteiger partial charge in [-0.25, -0.2) is 0 Å². The Morgan fingerprint density at radius 1 is 1.25 bits per heavy atom. The van der Waals surface area contributed by atoms with Gasteiger partial charge in [0.2, 0.25) is 0 Å². The van der Waals surface area contributed by atoms with Gasteiger partial charge in [0, 0.05) is 0 Å². The van der Waals surface area contributed by atoms with E-state index >= 15 is 0 Å². The van der Waals surface area contributed by atoms with Crippen LogP contribution in [0.4, 0.5) is 13.2 Å². The van der Waals surface area contributed by atoms with Crippen LogP contribution in [0.2, 0.25) is 5.02 Å². The topological polar surface area (TPSA) is 23.1 Å². The van der Waals surface area contributed by atoms with Crippen molar-refractivity contribution in [3.05, 3.63) is 28.8 Å². The Kier molecular flexibility index (Phi) is 2.19. The van der Waals surface area contributed by atoms with Gasteiger partial charge in [-0.2, -0.15) is 13.2 Å². The Hall–Kier alpha value is -0.900. The molecule has 0 fully saturated rings. The van der Waals surface area contributed by atoms with Crippen molar-refractivity contribution in [1.29, 1.82) is 0 Å². The number of rotatable bonds is 0. The van der Waals surface area contributed by atoms with E-state index in [1.165, 1.54) is 0 Å². The first-order valence-electron chi connectivity index (χ1n) is 2.95. The second-order valence-electron chi connectivity index (χ2n) is 2.14. The highest BCUT2D eigenvalue weighted by Crippen LogP contribution is 2.35. The number of alkyl halides is 3. The zero-order valence-corrected chi connectivity index (χ0v) is 6.41. The van der Waals surface area contributed by atoms with E-state index < -0.39 is 22.5 Å². The molecule has 0 aliphatic carbocycles. The van der Waals surface area contributed by atoms with E-state index in [2.05, 4.69) is 0 Å². The van der Waals surface area contributed by atoms with Gasteiger partial charge < -0.3 is 5.11 Å². The molecular formula is C7H3ClF3O-. The highest BCUT2D eigenvalue weighted by molar-refractivity contribution is 6.31. The largest absolute Gasteiger partial charge is 0.872 e. The monoisotopic (exact) mass is 195 g/mol. The molecule has 0 saturated heterocycles. The minimum absolute atomic E-state index is 0.456. The van der Waals surface area contributed by atoms with E-state index in [0.717, 1.165) is 12.1 Å². The third-order valence-corrected chi connectivity index (χ3v) is 1.57. The summed E-state index contributed by atoms with van der Waals surface area (Å²) in [6.45, 7) is 0. The van der Waals surface area contributed by atoms with Gasteiger partial charge in [-0.15, -0.1) is 5.75 Å². The normalized spacial score (nSPS) is 11.7. The fraction of sp³-hybridized carbons (Fsp3) is 0.143. The SMILES string of the molecule is [O-]c1ccc(Cl)c(C(F)(F)F)c1. The van der Waals surface area contributed by atoms with Gasteiger partial charge in [0.25, 0.3) is 0 Å². The fourth-order valence-electron chi connectivity index (χ4n) is 0.722. The Labute approximate surface area is 71.4 Å². The number of halogens is 4. The average Bonchev–Trinajstić information content (AvgIpc) is 1.92. The van der Waals surface area contributed by atoms with Crippen molar-refractivity contribution in [2.75, 3.05) is 0 Å². The first kappa shape index (κ1) is 9.19. The summed E-state index contributed by atoms with van der Waals surface area (Å²) in [6, 6.07) is 2.40. The molecule has 1 rings (SSSR count). The van der Waals surface area contributed by atoms with Crippen LogP contribution < -0.4 is 5.11 Å². The van der Waals surface area contributed by atoms with Crippen LogP contribution >= 0.6 is 11.6 Å². The van der Waals surface area contributed by atoms with Crippen molar-refractivity contribution in [2.45, 2.75) is 6.18 Å². The Morgan fingerprint density at radius 2 is 1.83 bits per heavy atom. The first-order chi connectivity index (χ1) is 5.41. The second kappa shape index (κ2) is 2.86. The van der Waals surface area contributed by atoms with E-state index in [-0.39, 0.29) is 0 Å². The molecule has 0 aliphatic heterocycles. The van der Waals surface area contributed by atoms with Gasteiger partial charge in [-0.1, -0.05) is 23.7 Å². The van der Waals surface area contributed by atoms with Crippen LogP contribution in [0.1, 0.15) is 5.56 Å². The summed E-state index contributed by atoms with van der Waals surface area (Å²) in [4.78, 5) is 0. The fourth-order valence-corrected chi connectivity index (χ4v) is 0.946. The molecule has 0 N–H and O–H groups in total. The predicted octanol–water partition coefficient (Wildman–Crippen LogP) is 2.43. The van der Waals surface area contributed by atoms with E-state index in [0.29, 0.717) is 6.07 Å². The highest BCUT2D eigenvalue weighted by atomic mass is 35.5. The van der Waals surface area contributed by atoms with E-state index in [9.17, 15) is 18.3 Å². The molecule has 0 atom stereocenters. The molecule has 0 aliphatic rings. The molecule has 66 valence electrons. The molecule has 0 amide bonds. The number of benzene rings is 1. The van der Waals surface area contributed by atoms with Gasteiger partial charge in [0.1, 0.15) is 0 Å². The summed E-state index contributed by atoms with van der Waals surface area (Å²) in [7, 11) is 0. The lowest BCUT2D eigenvalue weighted by molar-refractivity contribution is -0.268. The Morgan fingerprint density at radius 3 is 2.25 bits per heavy atom. The lowest BCUT2D eigenvalue weighted by Crippen LogP contribution is -2.06. The van der Waals surface area contributed by atoms with Gasteiger partial charge >= 0.3 is 6.18 Å². The smallest absolute Gasteiger partial charge is 0.417 e. The van der Waals surface area contributed by atoms with E-state index in [1.807, 2.05) is 0 Å². The lowest BCUT2D eigenvalue weighted by Gasteiger charge is -2.12. The molecule has 1 aromatic rings. The van der Waals surface area contributed by atoms with Crippen LogP contribution in [0.25, 0.3) is 0 Å². The van der Waals surface area contributed by atoms with Crippen LogP contribution in [0, 0.1) is 0 Å². The van der Waals surface area contributed by atoms with E-state index in [1.54, 1.807) is 0 Å². The molecule has 0 heterocycles. The lowest BCUT2D eigenvalue weighted by atomic mass is 10.2. The minimum atomic E-state index is -4.56. The maximum atomic E-state index is 12.0. The van der Waals surface area contributed by atoms with Crippen LogP contribution in [-0.4, -0.2) is 0 Å². The van der Waals surface area contributed by atoms with Crippen LogP contribution in [-0.2, 0) is 6.18 Å². The van der Waals surface area contributed by atoms with Gasteiger partial charge in [-0.05, 0) is 6.07 Å². The maximum Gasteiger partial charge on any atom is 0.417 e. The van der Waals surface area contributed by atoms with Gasteiger partial charge in [0.15, 0.2) is 0 Å². The summed E-state index contributed by atoms with van der Waals surface area (Å²) >= 11 is 5.22. The van der Waals surface area contributed by atoms with Crippen molar-refractivity contribution in [2.24, 2.45) is 0 Å². The van der Waals surface area contributed by atoms with Crippen molar-refractivity contribution in [1.82, 2.24) is 0 Å². The summed E-state index contributed by atoms with van der Waals surface area (Å²) in [5.41, 5.74) is -1.09. The summed E-state index contributed by atoms with van der Waals surface area (Å²) in [5.74, 6) is -0.702. The Bertz CT molecular complexity index is 295. The van der Waals surface area contributed by atoms with Gasteiger partial charge in [-0.3, -0.25) is 0 Å². The van der Waals surface area contributed by atoms with Crippen molar-refractivity contribution in [3.8, 4) is 5.75 Å². The summed E-state index contributed by atoms with van der Waals surface area (Å²) in [6.07, 6.45) is -4.56. The standard InChI is InChI=1S/C7H4ClF3O/c8-6-2-1-4(12)3-5(6)7(9,10)11/h1-3,12H/p-1. The minimum Gasteiger partial charge on any atom is -0.872 e. The second-order valence-corrected chi connectivity index (χ2v) is 2.55. The third-order valence-electron chi connectivity index (χ3n) is 1.24. The molecule has 0 bridgehead atoms. The van der Waals surface area contributed by atoms with Crippen molar-refractivity contribution in [3.63, 3.8) is 0 Å². The maximum absolute atomic E-state index is 12.0. The van der Waals surface area contributed by atoms with Crippen molar-refractivity contribution < 1.29 is 18.3 Å². The third kappa shape index (κ3) is 1.82. The molecule has 0 spiro atoms. The Balaban J connectivity index is 3.23. The molecule has 0 unspecified atom stereocenters. The van der Waals surface area contributed by atoms with Crippen molar-refractivity contribution >= 4 is 11.6 Å². The molecule has 0 aromatic heterocycles. The zero-order chi connectivity index (χ0) is 9.35. The average molecular weight is 196 g/mol. The van der Waals surface area contributed by atoms with Crippen LogP contribution in [0.3, 0.4) is 0 Å². The first-order valence-corrected chi connectivity index (χ1v) is 3.33. The molecule has 12 heavy (non-hydrogen) atoms. The number of hydrogen-bond acceptors (Lipinski definition) is 1. The molecule has 1 aromatic carbocycles. The molecular weight excluding hydrogens is 193 g/mol. The summed E-state index contributed by atoms with van der Waals surface area (Å²) in [5, 5.41) is 10.1. The quantitative estimate of drug-likeness (QED) is 0.624. The summed E-state index contributed by atoms with van der Waals surface area (Å²) < 4.78 is 36.0.